The summed E-state index contributed by atoms with van der Waals surface area (Å²) in [6, 6.07) is 5.12. The van der Waals surface area contributed by atoms with Gasteiger partial charge in [-0.25, -0.2) is 21.6 Å². The van der Waals surface area contributed by atoms with Gasteiger partial charge in [0.1, 0.15) is 5.03 Å². The van der Waals surface area contributed by atoms with Gasteiger partial charge in [0.2, 0.25) is 0 Å². The SMILES string of the molecule is CS(=O)(=O)N(OC(=O)C(F)(F)F)C(=O)CC1CN(S(=O)(=O)c2cc3cc(Cl)ccc3[nH]2)CCN1. The second-order valence-electron chi connectivity index (χ2n) is 7.34. The Hall–Kier alpha value is -2.40. The zero-order valence-electron chi connectivity index (χ0n) is 17.3. The van der Waals surface area contributed by atoms with Crippen LogP contribution in [-0.4, -0.2) is 80.6 Å². The van der Waals surface area contributed by atoms with E-state index in [0.717, 1.165) is 4.31 Å². The normalized spacial score (nSPS) is 18.1. The van der Waals surface area contributed by atoms with E-state index in [9.17, 15) is 39.6 Å². The van der Waals surface area contributed by atoms with Crippen LogP contribution in [0, 0.1) is 0 Å². The van der Waals surface area contributed by atoms with E-state index in [-0.39, 0.29) is 24.7 Å². The molecule has 3 rings (SSSR count). The molecule has 0 saturated carbocycles. The van der Waals surface area contributed by atoms with Crippen molar-refractivity contribution in [2.75, 3.05) is 25.9 Å². The van der Waals surface area contributed by atoms with Crippen LogP contribution in [0.4, 0.5) is 13.2 Å². The highest BCUT2D eigenvalue weighted by molar-refractivity contribution is 7.89. The van der Waals surface area contributed by atoms with E-state index in [1.165, 1.54) is 6.07 Å². The number of hydrogen-bond acceptors (Lipinski definition) is 8. The summed E-state index contributed by atoms with van der Waals surface area (Å²) in [7, 11) is -8.78. The maximum absolute atomic E-state index is 13.1. The van der Waals surface area contributed by atoms with Crippen molar-refractivity contribution < 1.29 is 44.4 Å². The molecule has 2 N–H and O–H groups in total. The number of aromatic amines is 1. The highest BCUT2D eigenvalue weighted by atomic mass is 35.5. The molecular weight excluding hydrogens is 529 g/mol. The summed E-state index contributed by atoms with van der Waals surface area (Å²) in [6.07, 6.45) is -5.94. The lowest BCUT2D eigenvalue weighted by Crippen LogP contribution is -2.54. The molecule has 1 atom stereocenters. The minimum atomic E-state index is -5.54. The molecule has 1 fully saturated rings. The fourth-order valence-electron chi connectivity index (χ4n) is 3.22. The van der Waals surface area contributed by atoms with E-state index in [2.05, 4.69) is 15.1 Å². The minimum absolute atomic E-state index is 0.00198. The summed E-state index contributed by atoms with van der Waals surface area (Å²) in [6.45, 7) is -0.249. The van der Waals surface area contributed by atoms with Gasteiger partial charge in [-0.3, -0.25) is 4.79 Å². The number of nitrogens with one attached hydrogen (secondary N) is 2. The Kier molecular flexibility index (Phi) is 7.19. The van der Waals surface area contributed by atoms with Crippen molar-refractivity contribution in [3.8, 4) is 0 Å². The molecule has 0 aliphatic carbocycles. The Morgan fingerprint density at radius 3 is 2.53 bits per heavy atom. The van der Waals surface area contributed by atoms with Gasteiger partial charge in [0, 0.05) is 48.0 Å². The van der Waals surface area contributed by atoms with E-state index in [1.54, 1.807) is 18.2 Å². The largest absolute Gasteiger partial charge is 0.493 e. The molecule has 188 valence electrons. The number of sulfonamides is 2. The summed E-state index contributed by atoms with van der Waals surface area (Å²) in [5.74, 6) is -4.39. The monoisotopic (exact) mass is 546 g/mol. The summed E-state index contributed by atoms with van der Waals surface area (Å²) in [4.78, 5) is 29.9. The van der Waals surface area contributed by atoms with Gasteiger partial charge >= 0.3 is 12.1 Å². The van der Waals surface area contributed by atoms with E-state index < -0.39 is 55.0 Å². The Morgan fingerprint density at radius 2 is 1.91 bits per heavy atom. The lowest BCUT2D eigenvalue weighted by atomic mass is 10.1. The van der Waals surface area contributed by atoms with Crippen molar-refractivity contribution in [3.05, 3.63) is 29.3 Å². The van der Waals surface area contributed by atoms with Crippen LogP contribution < -0.4 is 5.32 Å². The Bertz CT molecular complexity index is 1330. The smallest absolute Gasteiger partial charge is 0.345 e. The molecular formula is C17H18ClF3N4O7S2. The first kappa shape index (κ1) is 26.2. The Morgan fingerprint density at radius 1 is 1.24 bits per heavy atom. The van der Waals surface area contributed by atoms with Crippen molar-refractivity contribution >= 4 is 54.4 Å². The average molecular weight is 547 g/mol. The number of carbonyl (C=O) groups excluding carboxylic acids is 2. The maximum Gasteiger partial charge on any atom is 0.493 e. The maximum atomic E-state index is 13.1. The number of fused-ring (bicyclic) bond motifs is 1. The summed E-state index contributed by atoms with van der Waals surface area (Å²) < 4.78 is 87.3. The number of nitrogens with zero attached hydrogens (tertiary/aromatic N) is 2. The number of halogens is 4. The van der Waals surface area contributed by atoms with Crippen LogP contribution in [0.2, 0.25) is 5.02 Å². The molecule has 1 aliphatic heterocycles. The molecule has 34 heavy (non-hydrogen) atoms. The average Bonchev–Trinajstić information content (AvgIpc) is 3.14. The van der Waals surface area contributed by atoms with Gasteiger partial charge in [0.05, 0.1) is 6.26 Å². The second-order valence-corrected chi connectivity index (χ2v) is 11.5. The zero-order valence-corrected chi connectivity index (χ0v) is 19.7. The minimum Gasteiger partial charge on any atom is -0.345 e. The molecule has 11 nitrogen and oxygen atoms in total. The number of hydrogen-bond donors (Lipinski definition) is 2. The molecule has 17 heteroatoms. The van der Waals surface area contributed by atoms with E-state index in [0.29, 0.717) is 22.2 Å². The van der Waals surface area contributed by atoms with Crippen molar-refractivity contribution in [3.63, 3.8) is 0 Å². The predicted octanol–water partition coefficient (Wildman–Crippen LogP) is 0.983. The third-order valence-corrected chi connectivity index (χ3v) is 7.62. The second kappa shape index (κ2) is 9.33. The van der Waals surface area contributed by atoms with Gasteiger partial charge in [0.25, 0.3) is 26.0 Å². The highest BCUT2D eigenvalue weighted by Gasteiger charge is 2.45. The Labute approximate surface area is 196 Å². The van der Waals surface area contributed by atoms with Crippen LogP contribution >= 0.6 is 11.6 Å². The lowest BCUT2D eigenvalue weighted by molar-refractivity contribution is -0.222. The number of amides is 1. The third-order valence-electron chi connectivity index (χ3n) is 4.72. The van der Waals surface area contributed by atoms with Crippen molar-refractivity contribution in [1.82, 2.24) is 19.1 Å². The lowest BCUT2D eigenvalue weighted by Gasteiger charge is -2.32. The van der Waals surface area contributed by atoms with Crippen molar-refractivity contribution in [1.29, 1.82) is 0 Å². The number of aromatic nitrogens is 1. The highest BCUT2D eigenvalue weighted by Crippen LogP contribution is 2.25. The van der Waals surface area contributed by atoms with E-state index in [4.69, 9.17) is 11.6 Å². The van der Waals surface area contributed by atoms with Gasteiger partial charge < -0.3 is 15.1 Å². The van der Waals surface area contributed by atoms with Gasteiger partial charge in [-0.1, -0.05) is 16.1 Å². The topological polar surface area (TPSA) is 146 Å². The summed E-state index contributed by atoms with van der Waals surface area (Å²) in [5.41, 5.74) is 0.514. The van der Waals surface area contributed by atoms with Crippen LogP contribution in [0.3, 0.4) is 0 Å². The molecule has 1 saturated heterocycles. The van der Waals surface area contributed by atoms with Crippen LogP contribution in [0.5, 0.6) is 0 Å². The van der Waals surface area contributed by atoms with Gasteiger partial charge in [-0.05, 0) is 24.3 Å². The number of alkyl halides is 3. The molecule has 2 heterocycles. The van der Waals surface area contributed by atoms with Crippen molar-refractivity contribution in [2.45, 2.75) is 23.7 Å². The van der Waals surface area contributed by atoms with Crippen LogP contribution in [-0.2, 0) is 34.5 Å². The van der Waals surface area contributed by atoms with Crippen LogP contribution in [0.25, 0.3) is 10.9 Å². The number of benzene rings is 1. The quantitative estimate of drug-likeness (QED) is 0.528. The number of hydroxylamine groups is 1. The third kappa shape index (κ3) is 5.80. The van der Waals surface area contributed by atoms with Crippen molar-refractivity contribution in [2.24, 2.45) is 0 Å². The predicted molar refractivity (Wildman–Crippen MR) is 112 cm³/mol. The molecule has 1 aromatic heterocycles. The zero-order chi connectivity index (χ0) is 25.5. The number of carbonyl (C=O) groups is 2. The van der Waals surface area contributed by atoms with Gasteiger partial charge in [-0.2, -0.15) is 17.5 Å². The van der Waals surface area contributed by atoms with E-state index >= 15 is 0 Å². The molecule has 0 spiro atoms. The first-order valence-electron chi connectivity index (χ1n) is 9.43. The molecule has 1 aliphatic rings. The standard InChI is InChI=1S/C17H18ClF3N4O7S2/c1-33(28,29)25(32-16(27)17(19,20)21)15(26)8-12-9-24(5-4-22-12)34(30,31)14-7-10-6-11(18)2-3-13(10)23-14/h2-3,6-7,12,22-23H,4-5,8-9H2,1H3. The molecule has 1 amide bonds. The molecule has 0 bridgehead atoms. The molecule has 0 radical (unpaired) electrons. The first-order chi connectivity index (χ1) is 15.6. The number of piperazine rings is 1. The number of H-pyrrole nitrogens is 1. The van der Waals surface area contributed by atoms with Crippen LogP contribution in [0.15, 0.2) is 29.3 Å². The molecule has 1 unspecified atom stereocenters. The van der Waals surface area contributed by atoms with Gasteiger partial charge in [-0.15, -0.1) is 0 Å². The van der Waals surface area contributed by atoms with E-state index in [1.807, 2.05) is 0 Å². The fraction of sp³-hybridized carbons (Fsp3) is 0.412. The summed E-state index contributed by atoms with van der Waals surface area (Å²) in [5, 5.41) is 3.59. The van der Waals surface area contributed by atoms with Gasteiger partial charge in [0.15, 0.2) is 0 Å². The molecule has 2 aromatic rings. The molecule has 1 aromatic carbocycles. The Balaban J connectivity index is 1.76. The first-order valence-corrected chi connectivity index (χ1v) is 13.1. The van der Waals surface area contributed by atoms with Crippen LogP contribution in [0.1, 0.15) is 6.42 Å². The summed E-state index contributed by atoms with van der Waals surface area (Å²) >= 11 is 5.92. The fourth-order valence-corrected chi connectivity index (χ4v) is 5.55. The number of rotatable bonds is 5.